The van der Waals surface area contributed by atoms with Gasteiger partial charge in [0.05, 0.1) is 0 Å². The van der Waals surface area contributed by atoms with Crippen molar-refractivity contribution in [1.29, 1.82) is 0 Å². The molecule has 0 bridgehead atoms. The SMILES string of the molecule is Cc1ccc(SC(C)CCN)c(C)c1. The van der Waals surface area contributed by atoms with E-state index in [4.69, 9.17) is 5.73 Å². The molecular formula is C12H19NS. The molecule has 1 atom stereocenters. The number of benzene rings is 1. The second-order valence-electron chi connectivity index (χ2n) is 3.77. The highest BCUT2D eigenvalue weighted by molar-refractivity contribution is 8.00. The van der Waals surface area contributed by atoms with Gasteiger partial charge >= 0.3 is 0 Å². The summed E-state index contributed by atoms with van der Waals surface area (Å²) in [7, 11) is 0. The van der Waals surface area contributed by atoms with Gasteiger partial charge < -0.3 is 5.73 Å². The van der Waals surface area contributed by atoms with E-state index in [1.165, 1.54) is 16.0 Å². The van der Waals surface area contributed by atoms with Crippen LogP contribution in [-0.2, 0) is 0 Å². The zero-order valence-corrected chi connectivity index (χ0v) is 10.0. The van der Waals surface area contributed by atoms with Crippen molar-refractivity contribution in [3.8, 4) is 0 Å². The molecule has 0 aliphatic carbocycles. The number of hydrogen-bond acceptors (Lipinski definition) is 2. The van der Waals surface area contributed by atoms with Gasteiger partial charge in [-0.1, -0.05) is 24.6 Å². The van der Waals surface area contributed by atoms with E-state index in [1.54, 1.807) is 0 Å². The first kappa shape index (κ1) is 11.6. The summed E-state index contributed by atoms with van der Waals surface area (Å²) in [6.07, 6.45) is 1.08. The molecule has 0 aliphatic heterocycles. The minimum Gasteiger partial charge on any atom is -0.330 e. The zero-order valence-electron chi connectivity index (χ0n) is 9.21. The molecule has 0 saturated heterocycles. The number of nitrogens with two attached hydrogens (primary N) is 1. The van der Waals surface area contributed by atoms with E-state index in [0.717, 1.165) is 13.0 Å². The topological polar surface area (TPSA) is 26.0 Å². The summed E-state index contributed by atoms with van der Waals surface area (Å²) in [6.45, 7) is 7.31. The number of thioether (sulfide) groups is 1. The molecule has 1 aromatic rings. The van der Waals surface area contributed by atoms with Gasteiger partial charge in [-0.25, -0.2) is 0 Å². The van der Waals surface area contributed by atoms with Gasteiger partial charge in [-0.05, 0) is 38.4 Å². The molecule has 0 heterocycles. The zero-order chi connectivity index (χ0) is 10.6. The number of hydrogen-bond donors (Lipinski definition) is 1. The Morgan fingerprint density at radius 1 is 1.36 bits per heavy atom. The van der Waals surface area contributed by atoms with Gasteiger partial charge in [-0.15, -0.1) is 11.8 Å². The van der Waals surface area contributed by atoms with Gasteiger partial charge in [0.1, 0.15) is 0 Å². The maximum Gasteiger partial charge on any atom is 0.0104 e. The van der Waals surface area contributed by atoms with Crippen molar-refractivity contribution in [3.05, 3.63) is 29.3 Å². The summed E-state index contributed by atoms with van der Waals surface area (Å²) < 4.78 is 0. The van der Waals surface area contributed by atoms with E-state index >= 15 is 0 Å². The van der Waals surface area contributed by atoms with Crippen LogP contribution in [0.1, 0.15) is 24.5 Å². The predicted molar refractivity (Wildman–Crippen MR) is 64.9 cm³/mol. The summed E-state index contributed by atoms with van der Waals surface area (Å²) in [4.78, 5) is 1.39. The monoisotopic (exact) mass is 209 g/mol. The van der Waals surface area contributed by atoms with E-state index in [2.05, 4.69) is 39.0 Å². The van der Waals surface area contributed by atoms with Crippen molar-refractivity contribution in [1.82, 2.24) is 0 Å². The Balaban J connectivity index is 2.67. The lowest BCUT2D eigenvalue weighted by atomic mass is 10.2. The summed E-state index contributed by atoms with van der Waals surface area (Å²) in [6, 6.07) is 6.62. The molecule has 1 aromatic carbocycles. The minimum absolute atomic E-state index is 0.612. The van der Waals surface area contributed by atoms with Gasteiger partial charge in [0.25, 0.3) is 0 Å². The minimum atomic E-state index is 0.612. The van der Waals surface area contributed by atoms with E-state index in [-0.39, 0.29) is 0 Å². The van der Waals surface area contributed by atoms with Crippen LogP contribution in [0.3, 0.4) is 0 Å². The fourth-order valence-electron chi connectivity index (χ4n) is 1.44. The molecule has 1 unspecified atom stereocenters. The predicted octanol–water partition coefficient (Wildman–Crippen LogP) is 3.13. The first-order chi connectivity index (χ1) is 6.63. The number of rotatable bonds is 4. The van der Waals surface area contributed by atoms with Crippen LogP contribution in [-0.4, -0.2) is 11.8 Å². The summed E-state index contributed by atoms with van der Waals surface area (Å²) in [5.41, 5.74) is 8.24. The van der Waals surface area contributed by atoms with E-state index in [0.29, 0.717) is 5.25 Å². The highest BCUT2D eigenvalue weighted by Gasteiger charge is 2.05. The molecule has 0 radical (unpaired) electrons. The van der Waals surface area contributed by atoms with Crippen molar-refractivity contribution in [2.75, 3.05) is 6.54 Å². The fourth-order valence-corrected chi connectivity index (χ4v) is 2.52. The van der Waals surface area contributed by atoms with Crippen LogP contribution < -0.4 is 5.73 Å². The maximum atomic E-state index is 5.53. The quantitative estimate of drug-likeness (QED) is 0.771. The van der Waals surface area contributed by atoms with Gasteiger partial charge in [0, 0.05) is 10.1 Å². The van der Waals surface area contributed by atoms with E-state index in [1.807, 2.05) is 11.8 Å². The molecule has 1 nitrogen and oxygen atoms in total. The second-order valence-corrected chi connectivity index (χ2v) is 5.26. The second kappa shape index (κ2) is 5.42. The van der Waals surface area contributed by atoms with E-state index < -0.39 is 0 Å². The number of aryl methyl sites for hydroxylation is 2. The Bertz CT molecular complexity index is 296. The Morgan fingerprint density at radius 3 is 2.64 bits per heavy atom. The molecule has 0 saturated carbocycles. The molecule has 0 aromatic heterocycles. The lowest BCUT2D eigenvalue weighted by molar-refractivity contribution is 0.822. The largest absolute Gasteiger partial charge is 0.330 e. The lowest BCUT2D eigenvalue weighted by Gasteiger charge is -2.12. The first-order valence-corrected chi connectivity index (χ1v) is 5.95. The van der Waals surface area contributed by atoms with Gasteiger partial charge in [-0.2, -0.15) is 0 Å². The van der Waals surface area contributed by atoms with Crippen molar-refractivity contribution in [2.24, 2.45) is 5.73 Å². The molecular weight excluding hydrogens is 190 g/mol. The molecule has 14 heavy (non-hydrogen) atoms. The smallest absolute Gasteiger partial charge is 0.0104 e. The van der Waals surface area contributed by atoms with Crippen LogP contribution in [0.2, 0.25) is 0 Å². The summed E-state index contributed by atoms with van der Waals surface area (Å²) >= 11 is 1.92. The molecule has 78 valence electrons. The van der Waals surface area contributed by atoms with Crippen LogP contribution in [0, 0.1) is 13.8 Å². The average molecular weight is 209 g/mol. The standard InChI is InChI=1S/C12H19NS/c1-9-4-5-12(10(2)8-9)14-11(3)6-7-13/h4-5,8,11H,6-7,13H2,1-3H3. The third-order valence-corrected chi connectivity index (χ3v) is 3.58. The molecule has 2 heteroatoms. The molecule has 2 N–H and O–H groups in total. The van der Waals surface area contributed by atoms with Crippen molar-refractivity contribution in [2.45, 2.75) is 37.3 Å². The van der Waals surface area contributed by atoms with Crippen LogP contribution in [0.25, 0.3) is 0 Å². The molecule has 1 rings (SSSR count). The Morgan fingerprint density at radius 2 is 2.07 bits per heavy atom. The first-order valence-electron chi connectivity index (χ1n) is 5.07. The van der Waals surface area contributed by atoms with Crippen molar-refractivity contribution < 1.29 is 0 Å². The molecule has 0 amide bonds. The van der Waals surface area contributed by atoms with Crippen LogP contribution in [0.5, 0.6) is 0 Å². The van der Waals surface area contributed by atoms with Crippen LogP contribution >= 0.6 is 11.8 Å². The molecule has 0 fully saturated rings. The maximum absolute atomic E-state index is 5.53. The van der Waals surface area contributed by atoms with Crippen molar-refractivity contribution in [3.63, 3.8) is 0 Å². The Labute approximate surface area is 91.1 Å². The third kappa shape index (κ3) is 3.35. The summed E-state index contributed by atoms with van der Waals surface area (Å²) in [5, 5.41) is 0.612. The van der Waals surface area contributed by atoms with Gasteiger partial charge in [0.2, 0.25) is 0 Å². The van der Waals surface area contributed by atoms with E-state index in [9.17, 15) is 0 Å². The highest BCUT2D eigenvalue weighted by atomic mass is 32.2. The van der Waals surface area contributed by atoms with Crippen LogP contribution in [0.4, 0.5) is 0 Å². The molecule has 0 spiro atoms. The van der Waals surface area contributed by atoms with Gasteiger partial charge in [-0.3, -0.25) is 0 Å². The van der Waals surface area contributed by atoms with Crippen LogP contribution in [0.15, 0.2) is 23.1 Å². The Kier molecular flexibility index (Phi) is 4.49. The Hall–Kier alpha value is -0.470. The summed E-state index contributed by atoms with van der Waals surface area (Å²) in [5.74, 6) is 0. The average Bonchev–Trinajstić information content (AvgIpc) is 2.10. The van der Waals surface area contributed by atoms with Gasteiger partial charge in [0.15, 0.2) is 0 Å². The highest BCUT2D eigenvalue weighted by Crippen LogP contribution is 2.28. The third-order valence-electron chi connectivity index (χ3n) is 2.23. The lowest BCUT2D eigenvalue weighted by Crippen LogP contribution is -2.06. The molecule has 0 aliphatic rings. The fraction of sp³-hybridized carbons (Fsp3) is 0.500. The van der Waals surface area contributed by atoms with Crippen molar-refractivity contribution >= 4 is 11.8 Å². The normalized spacial score (nSPS) is 12.9.